The Kier molecular flexibility index (Phi) is 7.78. The van der Waals surface area contributed by atoms with Gasteiger partial charge in [0.05, 0.1) is 0 Å². The first kappa shape index (κ1) is 11.2. The summed E-state index contributed by atoms with van der Waals surface area (Å²) in [5.41, 5.74) is 1.54. The molecule has 0 nitrogen and oxygen atoms in total. The molecule has 0 saturated heterocycles. The summed E-state index contributed by atoms with van der Waals surface area (Å²) in [6.45, 7) is 7.98. The van der Waals surface area contributed by atoms with Crippen LogP contribution in [0.25, 0.3) is 0 Å². The minimum absolute atomic E-state index is 1.10. The zero-order chi connectivity index (χ0) is 9.23. The van der Waals surface area contributed by atoms with E-state index in [2.05, 4.69) is 38.7 Å². The van der Waals surface area contributed by atoms with Crippen molar-refractivity contribution in [3.63, 3.8) is 0 Å². The van der Waals surface area contributed by atoms with Crippen LogP contribution >= 0.6 is 0 Å². The second-order valence-corrected chi connectivity index (χ2v) is 2.87. The molecule has 0 rings (SSSR count). The molecule has 0 saturated carbocycles. The molecule has 0 amide bonds. The molecule has 0 radical (unpaired) electrons. The Labute approximate surface area is 76.7 Å². The highest BCUT2D eigenvalue weighted by Gasteiger charge is 1.91. The van der Waals surface area contributed by atoms with E-state index in [-0.39, 0.29) is 0 Å². The number of hydrogen-bond donors (Lipinski definition) is 0. The predicted molar refractivity (Wildman–Crippen MR) is 57.2 cm³/mol. The maximum absolute atomic E-state index is 3.73. The van der Waals surface area contributed by atoms with Crippen LogP contribution in [0, 0.1) is 0 Å². The van der Waals surface area contributed by atoms with Gasteiger partial charge in [0.15, 0.2) is 0 Å². The van der Waals surface area contributed by atoms with Crippen LogP contribution in [0.2, 0.25) is 0 Å². The van der Waals surface area contributed by atoms with E-state index in [1.807, 2.05) is 6.08 Å². The molecule has 0 aliphatic rings. The molecule has 0 heterocycles. The molecule has 0 spiro atoms. The van der Waals surface area contributed by atoms with E-state index in [1.54, 1.807) is 0 Å². The highest BCUT2D eigenvalue weighted by molar-refractivity contribution is 5.07. The summed E-state index contributed by atoms with van der Waals surface area (Å²) in [6.07, 6.45) is 13.2. The minimum Gasteiger partial charge on any atom is -0.103 e. The van der Waals surface area contributed by atoms with Crippen molar-refractivity contribution in [3.8, 4) is 0 Å². The third-order valence-corrected chi connectivity index (χ3v) is 1.78. The monoisotopic (exact) mass is 164 g/mol. The molecule has 0 aliphatic heterocycles. The standard InChI is InChI=1S/C12H20/c1-4-7-10-12(9-6-3)11-8-5-2/h4-5,8-9H,1,6-7,10-11H2,2-3H3. The van der Waals surface area contributed by atoms with Gasteiger partial charge in [-0.25, -0.2) is 0 Å². The van der Waals surface area contributed by atoms with Gasteiger partial charge in [-0.3, -0.25) is 0 Å². The summed E-state index contributed by atoms with van der Waals surface area (Å²) in [6, 6.07) is 0. The van der Waals surface area contributed by atoms with Crippen LogP contribution < -0.4 is 0 Å². The number of hydrogen-bond acceptors (Lipinski definition) is 0. The van der Waals surface area contributed by atoms with Gasteiger partial charge in [0.1, 0.15) is 0 Å². The van der Waals surface area contributed by atoms with Crippen LogP contribution in [0.1, 0.15) is 39.5 Å². The van der Waals surface area contributed by atoms with Crippen molar-refractivity contribution in [3.05, 3.63) is 36.5 Å². The average Bonchev–Trinajstić information content (AvgIpc) is 2.10. The Bertz CT molecular complexity index is 161. The van der Waals surface area contributed by atoms with Gasteiger partial charge in [-0.2, -0.15) is 0 Å². The summed E-state index contributed by atoms with van der Waals surface area (Å²) in [5, 5.41) is 0. The van der Waals surface area contributed by atoms with Crippen molar-refractivity contribution in [2.45, 2.75) is 39.5 Å². The quantitative estimate of drug-likeness (QED) is 0.515. The average molecular weight is 164 g/mol. The smallest absolute Gasteiger partial charge is 0.0139 e. The highest BCUT2D eigenvalue weighted by Crippen LogP contribution is 2.11. The SMILES string of the molecule is C=CCCC(=CCC)CC=CC. The van der Waals surface area contributed by atoms with E-state index < -0.39 is 0 Å². The van der Waals surface area contributed by atoms with Crippen molar-refractivity contribution < 1.29 is 0 Å². The van der Waals surface area contributed by atoms with Gasteiger partial charge in [0.25, 0.3) is 0 Å². The van der Waals surface area contributed by atoms with Gasteiger partial charge in [0, 0.05) is 0 Å². The fraction of sp³-hybridized carbons (Fsp3) is 0.500. The summed E-state index contributed by atoms with van der Waals surface area (Å²) >= 11 is 0. The molecule has 0 fully saturated rings. The zero-order valence-corrected chi connectivity index (χ0v) is 8.34. The van der Waals surface area contributed by atoms with Gasteiger partial charge in [0.2, 0.25) is 0 Å². The van der Waals surface area contributed by atoms with E-state index in [9.17, 15) is 0 Å². The molecule has 0 bridgehead atoms. The summed E-state index contributed by atoms with van der Waals surface area (Å²) < 4.78 is 0. The Morgan fingerprint density at radius 2 is 2.17 bits per heavy atom. The van der Waals surface area contributed by atoms with Gasteiger partial charge in [-0.15, -0.1) is 6.58 Å². The maximum atomic E-state index is 3.73. The Balaban J connectivity index is 3.85. The second kappa shape index (κ2) is 8.32. The lowest BCUT2D eigenvalue weighted by Crippen LogP contribution is -1.81. The van der Waals surface area contributed by atoms with Gasteiger partial charge < -0.3 is 0 Å². The van der Waals surface area contributed by atoms with Crippen LogP contribution in [0.5, 0.6) is 0 Å². The summed E-state index contributed by atoms with van der Waals surface area (Å²) in [5.74, 6) is 0. The lowest BCUT2D eigenvalue weighted by Gasteiger charge is -2.01. The van der Waals surface area contributed by atoms with Crippen molar-refractivity contribution in [2.75, 3.05) is 0 Å². The minimum atomic E-state index is 1.10. The second-order valence-electron chi connectivity index (χ2n) is 2.87. The van der Waals surface area contributed by atoms with Crippen LogP contribution in [0.3, 0.4) is 0 Å². The van der Waals surface area contributed by atoms with E-state index >= 15 is 0 Å². The first-order valence-corrected chi connectivity index (χ1v) is 4.75. The van der Waals surface area contributed by atoms with Crippen LogP contribution in [-0.4, -0.2) is 0 Å². The largest absolute Gasteiger partial charge is 0.103 e. The first-order chi connectivity index (χ1) is 5.85. The molecule has 0 heteroatoms. The van der Waals surface area contributed by atoms with Crippen LogP contribution in [-0.2, 0) is 0 Å². The van der Waals surface area contributed by atoms with Crippen molar-refractivity contribution >= 4 is 0 Å². The van der Waals surface area contributed by atoms with Crippen LogP contribution in [0.15, 0.2) is 36.5 Å². The van der Waals surface area contributed by atoms with E-state index in [0.717, 1.165) is 19.3 Å². The molecular weight excluding hydrogens is 144 g/mol. The van der Waals surface area contributed by atoms with Gasteiger partial charge in [-0.05, 0) is 32.6 Å². The Morgan fingerprint density at radius 1 is 1.42 bits per heavy atom. The predicted octanol–water partition coefficient (Wildman–Crippen LogP) is 4.26. The molecule has 68 valence electrons. The molecule has 12 heavy (non-hydrogen) atoms. The molecule has 0 aromatic heterocycles. The highest BCUT2D eigenvalue weighted by atomic mass is 14.0. The van der Waals surface area contributed by atoms with Gasteiger partial charge >= 0.3 is 0 Å². The molecule has 0 aliphatic carbocycles. The normalized spacial score (nSPS) is 12.3. The third kappa shape index (κ3) is 5.96. The third-order valence-electron chi connectivity index (χ3n) is 1.78. The van der Waals surface area contributed by atoms with E-state index in [4.69, 9.17) is 0 Å². The first-order valence-electron chi connectivity index (χ1n) is 4.75. The van der Waals surface area contributed by atoms with Gasteiger partial charge in [-0.1, -0.05) is 36.8 Å². The van der Waals surface area contributed by atoms with Crippen molar-refractivity contribution in [1.29, 1.82) is 0 Å². The number of rotatable bonds is 6. The Morgan fingerprint density at radius 3 is 2.67 bits per heavy atom. The van der Waals surface area contributed by atoms with Crippen LogP contribution in [0.4, 0.5) is 0 Å². The molecular formula is C12H20. The maximum Gasteiger partial charge on any atom is -0.0139 e. The van der Waals surface area contributed by atoms with E-state index in [1.165, 1.54) is 12.0 Å². The zero-order valence-electron chi connectivity index (χ0n) is 8.34. The van der Waals surface area contributed by atoms with E-state index in [0.29, 0.717) is 0 Å². The summed E-state index contributed by atoms with van der Waals surface area (Å²) in [7, 11) is 0. The fourth-order valence-electron chi connectivity index (χ4n) is 1.13. The molecule has 0 aromatic carbocycles. The molecule has 0 unspecified atom stereocenters. The lowest BCUT2D eigenvalue weighted by atomic mass is 10.1. The fourth-order valence-corrected chi connectivity index (χ4v) is 1.13. The van der Waals surface area contributed by atoms with Crippen molar-refractivity contribution in [2.24, 2.45) is 0 Å². The van der Waals surface area contributed by atoms with Crippen molar-refractivity contribution in [1.82, 2.24) is 0 Å². The Hall–Kier alpha value is -0.780. The molecule has 0 aromatic rings. The number of allylic oxidation sites excluding steroid dienone is 5. The topological polar surface area (TPSA) is 0 Å². The molecule has 0 N–H and O–H groups in total. The molecule has 0 atom stereocenters. The summed E-state index contributed by atoms with van der Waals surface area (Å²) in [4.78, 5) is 0. The lowest BCUT2D eigenvalue weighted by molar-refractivity contribution is 0.925.